The second-order valence-electron chi connectivity index (χ2n) is 9.36. The average molecular weight is 456 g/mol. The van der Waals surface area contributed by atoms with Crippen molar-refractivity contribution >= 4 is 21.6 Å². The number of aryl methyl sites for hydroxylation is 1. The quantitative estimate of drug-likeness (QED) is 0.707. The molecule has 7 heteroatoms. The van der Waals surface area contributed by atoms with Crippen LogP contribution in [0.1, 0.15) is 36.2 Å². The average Bonchev–Trinajstić information content (AvgIpc) is 2.78. The molecule has 0 N–H and O–H groups in total. The maximum atomic E-state index is 13.1. The monoisotopic (exact) mass is 455 g/mol. The minimum atomic E-state index is -3.54. The Balaban J connectivity index is 1.41. The minimum absolute atomic E-state index is 0.0430. The van der Waals surface area contributed by atoms with Gasteiger partial charge in [-0.3, -0.25) is 4.79 Å². The van der Waals surface area contributed by atoms with E-state index in [0.29, 0.717) is 43.6 Å². The Morgan fingerprint density at radius 3 is 2.06 bits per heavy atom. The van der Waals surface area contributed by atoms with Crippen LogP contribution in [0.25, 0.3) is 0 Å². The Labute approximate surface area is 191 Å². The zero-order valence-electron chi connectivity index (χ0n) is 19.2. The van der Waals surface area contributed by atoms with Gasteiger partial charge in [-0.25, -0.2) is 8.42 Å². The van der Waals surface area contributed by atoms with Crippen LogP contribution in [0, 0.1) is 18.8 Å². The molecule has 0 radical (unpaired) electrons. The Morgan fingerprint density at radius 1 is 0.875 bits per heavy atom. The van der Waals surface area contributed by atoms with E-state index in [1.54, 1.807) is 28.6 Å². The van der Waals surface area contributed by atoms with Crippen LogP contribution in [0.5, 0.6) is 0 Å². The molecule has 172 valence electrons. The molecular weight excluding hydrogens is 422 g/mol. The molecule has 32 heavy (non-hydrogen) atoms. The van der Waals surface area contributed by atoms with Gasteiger partial charge in [-0.15, -0.1) is 0 Å². The SMILES string of the molecule is Cc1ccccc1N1CCN(C(=O)c2ccc(S(=O)(=O)N3C[C@H](C)C[C@H](C)C3)cc2)CC1. The first-order valence-electron chi connectivity index (χ1n) is 11.5. The van der Waals surface area contributed by atoms with E-state index < -0.39 is 10.0 Å². The topological polar surface area (TPSA) is 60.9 Å². The second kappa shape index (κ2) is 9.24. The summed E-state index contributed by atoms with van der Waals surface area (Å²) < 4.78 is 27.8. The molecule has 0 bridgehead atoms. The largest absolute Gasteiger partial charge is 0.368 e. The number of anilines is 1. The summed E-state index contributed by atoms with van der Waals surface area (Å²) in [5, 5.41) is 0. The van der Waals surface area contributed by atoms with E-state index in [4.69, 9.17) is 0 Å². The predicted octanol–water partition coefficient (Wildman–Crippen LogP) is 3.62. The van der Waals surface area contributed by atoms with Crippen LogP contribution in [0.2, 0.25) is 0 Å². The standard InChI is InChI=1S/C25H33N3O3S/c1-19-16-20(2)18-28(17-19)32(30,31)23-10-8-22(9-11-23)25(29)27-14-12-26(13-15-27)24-7-5-4-6-21(24)3/h4-11,19-20H,12-18H2,1-3H3/t19-,20+. The Hall–Kier alpha value is -2.38. The number of hydrogen-bond donors (Lipinski definition) is 0. The fourth-order valence-electron chi connectivity index (χ4n) is 4.97. The van der Waals surface area contributed by atoms with E-state index in [1.807, 2.05) is 17.0 Å². The molecule has 1 amide bonds. The zero-order chi connectivity index (χ0) is 22.9. The van der Waals surface area contributed by atoms with Gasteiger partial charge in [0.2, 0.25) is 10.0 Å². The number of para-hydroxylation sites is 1. The van der Waals surface area contributed by atoms with Gasteiger partial charge in [0.05, 0.1) is 4.90 Å². The molecule has 0 aliphatic carbocycles. The molecular formula is C25H33N3O3S. The van der Waals surface area contributed by atoms with E-state index >= 15 is 0 Å². The molecule has 4 rings (SSSR count). The highest BCUT2D eigenvalue weighted by Crippen LogP contribution is 2.27. The van der Waals surface area contributed by atoms with Gasteiger partial charge in [-0.05, 0) is 61.1 Å². The summed E-state index contributed by atoms with van der Waals surface area (Å²) in [4.78, 5) is 17.4. The van der Waals surface area contributed by atoms with Crippen molar-refractivity contribution in [3.05, 3.63) is 59.7 Å². The number of benzene rings is 2. The van der Waals surface area contributed by atoms with Crippen molar-refractivity contribution in [1.29, 1.82) is 0 Å². The van der Waals surface area contributed by atoms with Gasteiger partial charge in [-0.2, -0.15) is 4.31 Å². The third-order valence-electron chi connectivity index (χ3n) is 6.60. The number of nitrogens with zero attached hydrogens (tertiary/aromatic N) is 3. The molecule has 2 heterocycles. The molecule has 6 nitrogen and oxygen atoms in total. The zero-order valence-corrected chi connectivity index (χ0v) is 20.0. The van der Waals surface area contributed by atoms with Crippen molar-refractivity contribution in [3.8, 4) is 0 Å². The van der Waals surface area contributed by atoms with Gasteiger partial charge in [-0.1, -0.05) is 32.0 Å². The van der Waals surface area contributed by atoms with Crippen LogP contribution in [0.15, 0.2) is 53.4 Å². The highest BCUT2D eigenvalue weighted by Gasteiger charge is 2.32. The molecule has 2 atom stereocenters. The van der Waals surface area contributed by atoms with Gasteiger partial charge in [0, 0.05) is 50.5 Å². The fourth-order valence-corrected chi connectivity index (χ4v) is 6.65. The van der Waals surface area contributed by atoms with Crippen LogP contribution in [-0.4, -0.2) is 62.8 Å². The lowest BCUT2D eigenvalue weighted by Crippen LogP contribution is -2.49. The predicted molar refractivity (Wildman–Crippen MR) is 127 cm³/mol. The molecule has 2 aliphatic heterocycles. The number of rotatable bonds is 4. The Morgan fingerprint density at radius 2 is 1.47 bits per heavy atom. The number of sulfonamides is 1. The Kier molecular flexibility index (Phi) is 6.58. The van der Waals surface area contributed by atoms with E-state index in [1.165, 1.54) is 11.3 Å². The maximum Gasteiger partial charge on any atom is 0.253 e. The third kappa shape index (κ3) is 4.69. The molecule has 2 aliphatic rings. The summed E-state index contributed by atoms with van der Waals surface area (Å²) in [5.74, 6) is 0.666. The number of carbonyl (C=O) groups excluding carboxylic acids is 1. The molecule has 2 saturated heterocycles. The summed E-state index contributed by atoms with van der Waals surface area (Å²) in [6.07, 6.45) is 1.05. The van der Waals surface area contributed by atoms with Gasteiger partial charge in [0.25, 0.3) is 5.91 Å². The highest BCUT2D eigenvalue weighted by atomic mass is 32.2. The summed E-state index contributed by atoms with van der Waals surface area (Å²) in [5.41, 5.74) is 2.99. The number of amides is 1. The van der Waals surface area contributed by atoms with Crippen molar-refractivity contribution in [2.24, 2.45) is 11.8 Å². The van der Waals surface area contributed by atoms with Gasteiger partial charge in [0.15, 0.2) is 0 Å². The third-order valence-corrected chi connectivity index (χ3v) is 8.44. The first-order valence-corrected chi connectivity index (χ1v) is 12.9. The smallest absolute Gasteiger partial charge is 0.253 e. The molecule has 0 spiro atoms. The lowest BCUT2D eigenvalue weighted by atomic mass is 9.94. The summed E-state index contributed by atoms with van der Waals surface area (Å²) in [6, 6.07) is 14.8. The first kappa shape index (κ1) is 22.8. The van der Waals surface area contributed by atoms with Crippen molar-refractivity contribution in [2.75, 3.05) is 44.2 Å². The number of piperazine rings is 1. The molecule has 0 unspecified atom stereocenters. The van der Waals surface area contributed by atoms with E-state index in [0.717, 1.165) is 19.5 Å². The van der Waals surface area contributed by atoms with Crippen LogP contribution < -0.4 is 4.90 Å². The van der Waals surface area contributed by atoms with Crippen LogP contribution in [0.3, 0.4) is 0 Å². The van der Waals surface area contributed by atoms with Crippen molar-refractivity contribution in [1.82, 2.24) is 9.21 Å². The van der Waals surface area contributed by atoms with Crippen LogP contribution in [-0.2, 0) is 10.0 Å². The molecule has 2 fully saturated rings. The fraction of sp³-hybridized carbons (Fsp3) is 0.480. The number of hydrogen-bond acceptors (Lipinski definition) is 4. The van der Waals surface area contributed by atoms with Gasteiger partial charge < -0.3 is 9.80 Å². The first-order chi connectivity index (χ1) is 15.3. The number of carbonyl (C=O) groups is 1. The minimum Gasteiger partial charge on any atom is -0.368 e. The van der Waals surface area contributed by atoms with E-state index in [9.17, 15) is 13.2 Å². The maximum absolute atomic E-state index is 13.1. The van der Waals surface area contributed by atoms with E-state index in [2.05, 4.69) is 37.8 Å². The second-order valence-corrected chi connectivity index (χ2v) is 11.3. The Bertz CT molecular complexity index is 1050. The lowest BCUT2D eigenvalue weighted by molar-refractivity contribution is 0.0746. The van der Waals surface area contributed by atoms with Crippen molar-refractivity contribution in [3.63, 3.8) is 0 Å². The van der Waals surface area contributed by atoms with Gasteiger partial charge >= 0.3 is 0 Å². The normalized spacial score (nSPS) is 22.7. The van der Waals surface area contributed by atoms with Crippen LogP contribution in [0.4, 0.5) is 5.69 Å². The molecule has 0 aromatic heterocycles. The highest BCUT2D eigenvalue weighted by molar-refractivity contribution is 7.89. The molecule has 2 aromatic rings. The van der Waals surface area contributed by atoms with Gasteiger partial charge in [0.1, 0.15) is 0 Å². The van der Waals surface area contributed by atoms with E-state index in [-0.39, 0.29) is 10.8 Å². The number of piperidine rings is 1. The summed E-state index contributed by atoms with van der Waals surface area (Å²) in [6.45, 7) is 10.3. The summed E-state index contributed by atoms with van der Waals surface area (Å²) in [7, 11) is -3.54. The molecule has 0 saturated carbocycles. The van der Waals surface area contributed by atoms with Crippen LogP contribution >= 0.6 is 0 Å². The summed E-state index contributed by atoms with van der Waals surface area (Å²) >= 11 is 0. The van der Waals surface area contributed by atoms with Crippen molar-refractivity contribution < 1.29 is 13.2 Å². The lowest BCUT2D eigenvalue weighted by Gasteiger charge is -2.37. The van der Waals surface area contributed by atoms with Crippen molar-refractivity contribution in [2.45, 2.75) is 32.1 Å². The molecule has 2 aromatic carbocycles.